The van der Waals surface area contributed by atoms with Crippen molar-refractivity contribution in [2.75, 3.05) is 0 Å². The highest BCUT2D eigenvalue weighted by Crippen LogP contribution is 2.13. The van der Waals surface area contributed by atoms with Crippen molar-refractivity contribution in [2.24, 2.45) is 0 Å². The Balaban J connectivity index is 4.05. The Kier molecular flexibility index (Phi) is 9.61. The number of allylic oxidation sites excluding steroid dienone is 6. The Morgan fingerprint density at radius 2 is 1.40 bits per heavy atom. The lowest BCUT2D eigenvalue weighted by molar-refractivity contribution is -0.117. The number of ketones is 2. The largest absolute Gasteiger partial charge is 0.300 e. The zero-order valence-corrected chi connectivity index (χ0v) is 13.6. The van der Waals surface area contributed by atoms with E-state index in [-0.39, 0.29) is 11.6 Å². The topological polar surface area (TPSA) is 34.1 Å². The highest BCUT2D eigenvalue weighted by atomic mass is 16.1. The number of hydrogen-bond donors (Lipinski definition) is 0. The molecule has 0 heterocycles. The summed E-state index contributed by atoms with van der Waals surface area (Å²) >= 11 is 0. The lowest BCUT2D eigenvalue weighted by Crippen LogP contribution is -1.91. The molecule has 0 radical (unpaired) electrons. The molecule has 0 N–H and O–H groups in total. The number of carbonyl (C=O) groups excluding carboxylic acids is 2. The van der Waals surface area contributed by atoms with Crippen LogP contribution in [0.3, 0.4) is 0 Å². The first-order valence-electron chi connectivity index (χ1n) is 7.32. The summed E-state index contributed by atoms with van der Waals surface area (Å²) in [6.45, 7) is 9.59. The van der Waals surface area contributed by atoms with Crippen molar-refractivity contribution in [1.29, 1.82) is 0 Å². The Morgan fingerprint density at radius 3 is 1.95 bits per heavy atom. The van der Waals surface area contributed by atoms with Gasteiger partial charge in [0.25, 0.3) is 0 Å². The Morgan fingerprint density at radius 1 is 0.800 bits per heavy atom. The van der Waals surface area contributed by atoms with E-state index in [0.717, 1.165) is 36.8 Å². The molecule has 0 aromatic carbocycles. The van der Waals surface area contributed by atoms with E-state index in [0.29, 0.717) is 6.42 Å². The van der Waals surface area contributed by atoms with Crippen LogP contribution in [0.4, 0.5) is 0 Å². The van der Waals surface area contributed by atoms with Crippen LogP contribution in [-0.4, -0.2) is 11.6 Å². The average Bonchev–Trinajstić information content (AvgIpc) is 2.26. The molecular weight excluding hydrogens is 248 g/mol. The van der Waals surface area contributed by atoms with Gasteiger partial charge in [0.2, 0.25) is 0 Å². The van der Waals surface area contributed by atoms with Gasteiger partial charge in [-0.2, -0.15) is 0 Å². The van der Waals surface area contributed by atoms with E-state index in [9.17, 15) is 9.59 Å². The predicted octanol–water partition coefficient (Wildman–Crippen LogP) is 4.95. The smallest absolute Gasteiger partial charge is 0.178 e. The summed E-state index contributed by atoms with van der Waals surface area (Å²) in [7, 11) is 0. The van der Waals surface area contributed by atoms with Gasteiger partial charge in [0, 0.05) is 6.42 Å². The van der Waals surface area contributed by atoms with Gasteiger partial charge in [0.15, 0.2) is 5.78 Å². The number of carbonyl (C=O) groups is 2. The van der Waals surface area contributed by atoms with Crippen LogP contribution in [0, 0.1) is 0 Å². The SMILES string of the molecule is CC(=O)CC/C=C(\C)CCC/C(C)=C/C(=O)C=C(C)C. The van der Waals surface area contributed by atoms with Crippen molar-refractivity contribution in [3.05, 3.63) is 34.9 Å². The van der Waals surface area contributed by atoms with E-state index in [1.807, 2.05) is 20.8 Å². The van der Waals surface area contributed by atoms with Crippen LogP contribution in [0.2, 0.25) is 0 Å². The standard InChI is InChI=1S/C18H28O2/c1-14(2)12-18(20)13-16(4)10-6-8-15(3)9-7-11-17(5)19/h9,12-13H,6-8,10-11H2,1-5H3/b15-9+,16-13+. The summed E-state index contributed by atoms with van der Waals surface area (Å²) in [6, 6.07) is 0. The van der Waals surface area contributed by atoms with Gasteiger partial charge in [-0.3, -0.25) is 4.79 Å². The first-order valence-corrected chi connectivity index (χ1v) is 7.32. The summed E-state index contributed by atoms with van der Waals surface area (Å²) in [5, 5.41) is 0. The zero-order chi connectivity index (χ0) is 15.5. The molecule has 0 fully saturated rings. The molecule has 0 bridgehead atoms. The van der Waals surface area contributed by atoms with E-state index in [2.05, 4.69) is 13.0 Å². The second-order valence-corrected chi connectivity index (χ2v) is 5.76. The minimum absolute atomic E-state index is 0.0798. The van der Waals surface area contributed by atoms with Gasteiger partial charge in [-0.25, -0.2) is 0 Å². The molecule has 0 aliphatic carbocycles. The molecule has 112 valence electrons. The summed E-state index contributed by atoms with van der Waals surface area (Å²) in [6.07, 6.45) is 10.0. The molecule has 0 aromatic rings. The number of hydrogen-bond acceptors (Lipinski definition) is 2. The number of Topliss-reactive ketones (excluding diaryl/α,β-unsaturated/α-hetero) is 1. The van der Waals surface area contributed by atoms with Crippen LogP contribution in [0.5, 0.6) is 0 Å². The summed E-state index contributed by atoms with van der Waals surface area (Å²) < 4.78 is 0. The van der Waals surface area contributed by atoms with Gasteiger partial charge < -0.3 is 4.79 Å². The van der Waals surface area contributed by atoms with Gasteiger partial charge in [0.05, 0.1) is 0 Å². The van der Waals surface area contributed by atoms with Crippen LogP contribution in [0.15, 0.2) is 34.9 Å². The minimum Gasteiger partial charge on any atom is -0.300 e. The lowest BCUT2D eigenvalue weighted by atomic mass is 10.0. The highest BCUT2D eigenvalue weighted by Gasteiger charge is 1.97. The molecule has 0 aromatic heterocycles. The Hall–Kier alpha value is -1.44. The van der Waals surface area contributed by atoms with Gasteiger partial charge in [0.1, 0.15) is 5.78 Å². The molecule has 0 aliphatic heterocycles. The molecule has 0 amide bonds. The van der Waals surface area contributed by atoms with Gasteiger partial charge in [-0.15, -0.1) is 0 Å². The zero-order valence-electron chi connectivity index (χ0n) is 13.6. The van der Waals surface area contributed by atoms with Crippen LogP contribution in [0.1, 0.15) is 66.7 Å². The molecule has 0 atom stereocenters. The summed E-state index contributed by atoms with van der Waals surface area (Å²) in [5.41, 5.74) is 3.49. The first kappa shape index (κ1) is 18.6. The molecule has 2 heteroatoms. The minimum atomic E-state index is 0.0798. The lowest BCUT2D eigenvalue weighted by Gasteiger charge is -2.02. The van der Waals surface area contributed by atoms with Crippen molar-refractivity contribution >= 4 is 11.6 Å². The molecule has 0 unspecified atom stereocenters. The molecule has 0 rings (SSSR count). The fraction of sp³-hybridized carbons (Fsp3) is 0.556. The normalized spacial score (nSPS) is 12.2. The van der Waals surface area contributed by atoms with E-state index in [1.165, 1.54) is 5.57 Å². The fourth-order valence-electron chi connectivity index (χ4n) is 1.91. The maximum Gasteiger partial charge on any atom is 0.178 e. The predicted molar refractivity (Wildman–Crippen MR) is 85.7 cm³/mol. The third-order valence-corrected chi connectivity index (χ3v) is 2.95. The maximum atomic E-state index is 11.6. The average molecular weight is 276 g/mol. The number of rotatable bonds is 9. The highest BCUT2D eigenvalue weighted by molar-refractivity contribution is 5.99. The molecule has 2 nitrogen and oxygen atoms in total. The first-order chi connectivity index (χ1) is 9.31. The monoisotopic (exact) mass is 276 g/mol. The quantitative estimate of drug-likeness (QED) is 0.441. The van der Waals surface area contributed by atoms with Crippen LogP contribution < -0.4 is 0 Å². The van der Waals surface area contributed by atoms with E-state index >= 15 is 0 Å². The Labute approximate surface area is 123 Å². The van der Waals surface area contributed by atoms with E-state index in [4.69, 9.17) is 0 Å². The molecule has 0 saturated heterocycles. The van der Waals surface area contributed by atoms with Crippen molar-refractivity contribution in [2.45, 2.75) is 66.7 Å². The van der Waals surface area contributed by atoms with Crippen molar-refractivity contribution in [3.8, 4) is 0 Å². The Bertz CT molecular complexity index is 419. The van der Waals surface area contributed by atoms with Crippen molar-refractivity contribution < 1.29 is 9.59 Å². The summed E-state index contributed by atoms with van der Waals surface area (Å²) in [4.78, 5) is 22.4. The third kappa shape index (κ3) is 11.6. The van der Waals surface area contributed by atoms with Crippen molar-refractivity contribution in [1.82, 2.24) is 0 Å². The third-order valence-electron chi connectivity index (χ3n) is 2.95. The van der Waals surface area contributed by atoms with Gasteiger partial charge >= 0.3 is 0 Å². The van der Waals surface area contributed by atoms with Crippen molar-refractivity contribution in [3.63, 3.8) is 0 Å². The second-order valence-electron chi connectivity index (χ2n) is 5.76. The van der Waals surface area contributed by atoms with Gasteiger partial charge in [-0.1, -0.05) is 22.8 Å². The molecule has 0 saturated carbocycles. The molecule has 0 aliphatic rings. The van der Waals surface area contributed by atoms with E-state index in [1.54, 1.807) is 19.1 Å². The molecule has 0 spiro atoms. The van der Waals surface area contributed by atoms with Gasteiger partial charge in [-0.05, 0) is 72.5 Å². The fourth-order valence-corrected chi connectivity index (χ4v) is 1.91. The maximum absolute atomic E-state index is 11.6. The second kappa shape index (κ2) is 10.4. The van der Waals surface area contributed by atoms with Crippen LogP contribution in [0.25, 0.3) is 0 Å². The summed E-state index contributed by atoms with van der Waals surface area (Å²) in [5.74, 6) is 0.321. The molecule has 20 heavy (non-hydrogen) atoms. The van der Waals surface area contributed by atoms with Crippen LogP contribution >= 0.6 is 0 Å². The molecular formula is C18H28O2. The van der Waals surface area contributed by atoms with Crippen LogP contribution in [-0.2, 0) is 9.59 Å². The van der Waals surface area contributed by atoms with E-state index < -0.39 is 0 Å².